The predicted molar refractivity (Wildman–Crippen MR) is 53.6 cm³/mol. The highest BCUT2D eigenvalue weighted by atomic mass is 16.5. The fourth-order valence-electron chi connectivity index (χ4n) is 1.13. The molecule has 1 unspecified atom stereocenters. The van der Waals surface area contributed by atoms with E-state index < -0.39 is 0 Å². The third-order valence-electron chi connectivity index (χ3n) is 1.63. The van der Waals surface area contributed by atoms with Gasteiger partial charge in [-0.25, -0.2) is 0 Å². The van der Waals surface area contributed by atoms with E-state index >= 15 is 0 Å². The number of rotatable bonds is 2. The maximum absolute atomic E-state index is 11.0. The van der Waals surface area contributed by atoms with Gasteiger partial charge in [-0.3, -0.25) is 4.79 Å². The molecule has 1 aliphatic rings. The molecule has 1 aliphatic heterocycles. The topological polar surface area (TPSA) is 38.3 Å². The van der Waals surface area contributed by atoms with Gasteiger partial charge in [0.1, 0.15) is 6.04 Å². The van der Waals surface area contributed by atoms with Crippen molar-refractivity contribution in [2.24, 2.45) is 0 Å². The molecular weight excluding hydrogens is 166 g/mol. The highest BCUT2D eigenvalue weighted by Gasteiger charge is 2.22. The Kier molecular flexibility index (Phi) is 7.69. The SMILES string of the molecule is CCC.CCOC(=O)C1CCCN1. The van der Waals surface area contributed by atoms with Crippen LogP contribution in [0.2, 0.25) is 0 Å². The van der Waals surface area contributed by atoms with E-state index in [1.807, 2.05) is 6.92 Å². The van der Waals surface area contributed by atoms with Gasteiger partial charge < -0.3 is 10.1 Å². The monoisotopic (exact) mass is 187 g/mol. The molecule has 0 aromatic carbocycles. The lowest BCUT2D eigenvalue weighted by Crippen LogP contribution is -2.32. The maximum Gasteiger partial charge on any atom is 0.323 e. The van der Waals surface area contributed by atoms with E-state index in [0.29, 0.717) is 6.61 Å². The molecule has 1 saturated heterocycles. The third-order valence-corrected chi connectivity index (χ3v) is 1.63. The Labute approximate surface area is 80.8 Å². The van der Waals surface area contributed by atoms with Crippen LogP contribution in [0.1, 0.15) is 40.0 Å². The molecule has 1 atom stereocenters. The summed E-state index contributed by atoms with van der Waals surface area (Å²) in [5, 5.41) is 3.07. The Hall–Kier alpha value is -0.570. The molecule has 0 radical (unpaired) electrons. The molecule has 3 nitrogen and oxygen atoms in total. The Morgan fingerprint density at radius 2 is 2.08 bits per heavy atom. The predicted octanol–water partition coefficient (Wildman–Crippen LogP) is 1.72. The summed E-state index contributed by atoms with van der Waals surface area (Å²) in [7, 11) is 0. The first-order chi connectivity index (χ1) is 6.26. The second-order valence-electron chi connectivity index (χ2n) is 3.11. The van der Waals surface area contributed by atoms with Crippen LogP contribution in [-0.4, -0.2) is 25.2 Å². The molecule has 1 N–H and O–H groups in total. The first kappa shape index (κ1) is 12.4. The number of carbonyl (C=O) groups excluding carboxylic acids is 1. The van der Waals surface area contributed by atoms with Gasteiger partial charge in [-0.15, -0.1) is 0 Å². The van der Waals surface area contributed by atoms with Crippen molar-refractivity contribution < 1.29 is 9.53 Å². The van der Waals surface area contributed by atoms with Gasteiger partial charge in [-0.2, -0.15) is 0 Å². The van der Waals surface area contributed by atoms with Crippen LogP contribution in [0, 0.1) is 0 Å². The molecule has 13 heavy (non-hydrogen) atoms. The first-order valence-corrected chi connectivity index (χ1v) is 5.16. The number of carbonyl (C=O) groups is 1. The van der Waals surface area contributed by atoms with E-state index in [4.69, 9.17) is 4.74 Å². The highest BCUT2D eigenvalue weighted by Crippen LogP contribution is 2.05. The standard InChI is InChI=1S/C7H13NO2.C3H8/c1-2-10-7(9)6-4-3-5-8-6;1-3-2/h6,8H,2-5H2,1H3;3H2,1-2H3. The number of hydrogen-bond acceptors (Lipinski definition) is 3. The molecule has 0 spiro atoms. The van der Waals surface area contributed by atoms with Crippen LogP contribution in [0.4, 0.5) is 0 Å². The molecular formula is C10H21NO2. The second kappa shape index (κ2) is 8.05. The van der Waals surface area contributed by atoms with Crippen LogP contribution < -0.4 is 5.32 Å². The van der Waals surface area contributed by atoms with Crippen LogP contribution in [0.25, 0.3) is 0 Å². The highest BCUT2D eigenvalue weighted by molar-refractivity contribution is 5.76. The molecule has 0 aromatic rings. The van der Waals surface area contributed by atoms with E-state index in [0.717, 1.165) is 19.4 Å². The van der Waals surface area contributed by atoms with Gasteiger partial charge in [-0.1, -0.05) is 20.3 Å². The second-order valence-corrected chi connectivity index (χ2v) is 3.11. The van der Waals surface area contributed by atoms with Gasteiger partial charge in [0.25, 0.3) is 0 Å². The Morgan fingerprint density at radius 1 is 1.46 bits per heavy atom. The van der Waals surface area contributed by atoms with E-state index in [9.17, 15) is 4.79 Å². The minimum absolute atomic E-state index is 0.0278. The molecule has 1 fully saturated rings. The van der Waals surface area contributed by atoms with E-state index in [1.54, 1.807) is 0 Å². The van der Waals surface area contributed by atoms with Crippen molar-refractivity contribution in [3.8, 4) is 0 Å². The summed E-state index contributed by atoms with van der Waals surface area (Å²) in [6.45, 7) is 7.51. The zero-order valence-corrected chi connectivity index (χ0v) is 8.93. The molecule has 0 saturated carbocycles. The summed E-state index contributed by atoms with van der Waals surface area (Å²) in [4.78, 5) is 11.0. The fourth-order valence-corrected chi connectivity index (χ4v) is 1.13. The smallest absolute Gasteiger partial charge is 0.323 e. The van der Waals surface area contributed by atoms with Crippen molar-refractivity contribution in [2.45, 2.75) is 46.1 Å². The minimum atomic E-state index is -0.0972. The fraction of sp³-hybridized carbons (Fsp3) is 0.900. The zero-order chi connectivity index (χ0) is 10.1. The molecule has 0 aliphatic carbocycles. The van der Waals surface area contributed by atoms with Crippen molar-refractivity contribution in [1.82, 2.24) is 5.32 Å². The van der Waals surface area contributed by atoms with Crippen LogP contribution in [0.5, 0.6) is 0 Å². The molecule has 0 bridgehead atoms. The largest absolute Gasteiger partial charge is 0.465 e. The van der Waals surface area contributed by atoms with Crippen molar-refractivity contribution in [3.05, 3.63) is 0 Å². The van der Waals surface area contributed by atoms with E-state index in [1.165, 1.54) is 6.42 Å². The summed E-state index contributed by atoms with van der Waals surface area (Å²) in [6.07, 6.45) is 3.27. The van der Waals surface area contributed by atoms with Crippen molar-refractivity contribution in [1.29, 1.82) is 0 Å². The van der Waals surface area contributed by atoms with Crippen LogP contribution >= 0.6 is 0 Å². The lowest BCUT2D eigenvalue weighted by Gasteiger charge is -2.07. The molecule has 78 valence electrons. The van der Waals surface area contributed by atoms with Crippen molar-refractivity contribution in [2.75, 3.05) is 13.2 Å². The summed E-state index contributed by atoms with van der Waals surface area (Å²) >= 11 is 0. The molecule has 0 amide bonds. The van der Waals surface area contributed by atoms with Gasteiger partial charge >= 0.3 is 5.97 Å². The summed E-state index contributed by atoms with van der Waals surface area (Å²) in [5.74, 6) is -0.0972. The van der Waals surface area contributed by atoms with Crippen molar-refractivity contribution >= 4 is 5.97 Å². The average Bonchev–Trinajstić information content (AvgIpc) is 2.58. The first-order valence-electron chi connectivity index (χ1n) is 5.16. The van der Waals surface area contributed by atoms with Gasteiger partial charge in [0, 0.05) is 0 Å². The number of hydrogen-bond donors (Lipinski definition) is 1. The summed E-state index contributed by atoms with van der Waals surface area (Å²) in [6, 6.07) is -0.0278. The molecule has 0 aromatic heterocycles. The molecule has 3 heteroatoms. The number of ether oxygens (including phenoxy) is 1. The van der Waals surface area contributed by atoms with E-state index in [-0.39, 0.29) is 12.0 Å². The molecule has 1 heterocycles. The van der Waals surface area contributed by atoms with Crippen molar-refractivity contribution in [3.63, 3.8) is 0 Å². The summed E-state index contributed by atoms with van der Waals surface area (Å²) in [5.41, 5.74) is 0. The lowest BCUT2D eigenvalue weighted by molar-refractivity contribution is -0.145. The zero-order valence-electron chi connectivity index (χ0n) is 8.93. The number of esters is 1. The van der Waals surface area contributed by atoms with Crippen LogP contribution in [0.3, 0.4) is 0 Å². The Morgan fingerprint density at radius 3 is 2.46 bits per heavy atom. The summed E-state index contributed by atoms with van der Waals surface area (Å²) < 4.78 is 4.82. The Bertz CT molecular complexity index is 131. The quantitative estimate of drug-likeness (QED) is 0.669. The van der Waals surface area contributed by atoms with Gasteiger partial charge in [0.15, 0.2) is 0 Å². The lowest BCUT2D eigenvalue weighted by atomic mass is 10.2. The van der Waals surface area contributed by atoms with Gasteiger partial charge in [0.2, 0.25) is 0 Å². The third kappa shape index (κ3) is 5.64. The molecule has 1 rings (SSSR count). The van der Waals surface area contributed by atoms with Crippen LogP contribution in [0.15, 0.2) is 0 Å². The van der Waals surface area contributed by atoms with Gasteiger partial charge in [0.05, 0.1) is 6.61 Å². The van der Waals surface area contributed by atoms with Gasteiger partial charge in [-0.05, 0) is 26.3 Å². The number of nitrogens with one attached hydrogen (secondary N) is 1. The minimum Gasteiger partial charge on any atom is -0.465 e. The van der Waals surface area contributed by atoms with Crippen LogP contribution in [-0.2, 0) is 9.53 Å². The maximum atomic E-state index is 11.0. The average molecular weight is 187 g/mol. The Balaban J connectivity index is 0.000000424. The normalized spacial score (nSPS) is 20.4. The van der Waals surface area contributed by atoms with E-state index in [2.05, 4.69) is 19.2 Å².